The quantitative estimate of drug-likeness (QED) is 0.118. The highest BCUT2D eigenvalue weighted by Crippen LogP contribution is 2.40. The van der Waals surface area contributed by atoms with Crippen LogP contribution in [0.15, 0.2) is 30.3 Å². The van der Waals surface area contributed by atoms with Gasteiger partial charge in [0.2, 0.25) is 0 Å². The van der Waals surface area contributed by atoms with Crippen molar-refractivity contribution in [1.29, 1.82) is 0 Å². The lowest BCUT2D eigenvalue weighted by Crippen LogP contribution is -2.61. The summed E-state index contributed by atoms with van der Waals surface area (Å²) in [6.07, 6.45) is 16.1. The molecule has 1 aliphatic rings. The van der Waals surface area contributed by atoms with Crippen molar-refractivity contribution in [3.05, 3.63) is 35.9 Å². The van der Waals surface area contributed by atoms with Crippen molar-refractivity contribution < 1.29 is 23.9 Å². The van der Waals surface area contributed by atoms with Gasteiger partial charge in [0, 0.05) is 36.8 Å². The molecule has 2 rings (SSSR count). The zero-order valence-corrected chi connectivity index (χ0v) is 26.2. The fourth-order valence-electron chi connectivity index (χ4n) is 5.96. The maximum Gasteiger partial charge on any atom is 0.306 e. The van der Waals surface area contributed by atoms with E-state index in [0.29, 0.717) is 32.5 Å². The number of unbranched alkanes of at least 4 members (excludes halogenated alkanes) is 10. The van der Waals surface area contributed by atoms with E-state index in [1.165, 1.54) is 57.8 Å². The van der Waals surface area contributed by atoms with E-state index in [0.717, 1.165) is 18.4 Å². The van der Waals surface area contributed by atoms with Crippen LogP contribution in [-0.2, 0) is 30.5 Å². The molecule has 0 bridgehead atoms. The fraction of sp³-hybridized carbons (Fsp3) is 0.765. The van der Waals surface area contributed by atoms with Crippen LogP contribution in [-0.4, -0.2) is 40.8 Å². The molecule has 1 saturated heterocycles. The smallest absolute Gasteiger partial charge is 0.306 e. The molecule has 0 aromatic heterocycles. The lowest BCUT2D eigenvalue weighted by Gasteiger charge is -2.53. The number of piperidine rings is 1. The number of hydroxylamine groups is 2. The molecule has 0 radical (unpaired) electrons. The number of rotatable bonds is 20. The Morgan fingerprint density at radius 1 is 0.750 bits per heavy atom. The van der Waals surface area contributed by atoms with Gasteiger partial charge in [-0.15, -0.1) is 0 Å². The summed E-state index contributed by atoms with van der Waals surface area (Å²) in [5.41, 5.74) is 0.541. The first-order chi connectivity index (χ1) is 19.1. The van der Waals surface area contributed by atoms with Crippen LogP contribution in [0.3, 0.4) is 0 Å². The number of hydrogen-bond donors (Lipinski definition) is 0. The summed E-state index contributed by atoms with van der Waals surface area (Å²) < 4.78 is 11.2. The van der Waals surface area contributed by atoms with Crippen LogP contribution in [0.4, 0.5) is 0 Å². The summed E-state index contributed by atoms with van der Waals surface area (Å²) >= 11 is 0. The first-order valence-corrected chi connectivity index (χ1v) is 16.0. The second-order valence-corrected chi connectivity index (χ2v) is 12.8. The average Bonchev–Trinajstić information content (AvgIpc) is 2.88. The van der Waals surface area contributed by atoms with Gasteiger partial charge in [0.05, 0.1) is 13.2 Å². The van der Waals surface area contributed by atoms with Gasteiger partial charge in [0.1, 0.15) is 6.10 Å². The van der Waals surface area contributed by atoms with E-state index >= 15 is 0 Å². The van der Waals surface area contributed by atoms with Crippen molar-refractivity contribution in [3.8, 4) is 0 Å². The Kier molecular flexibility index (Phi) is 15.9. The molecule has 1 aromatic rings. The molecule has 0 spiro atoms. The standard InChI is InChI=1S/C34H57NO5/c1-6-7-8-9-10-11-12-13-14-15-19-25-38-31(36)23-20-24-32(37)40-30-26-33(2,3)35(34(4,5)27-30)39-28-29-21-17-16-18-22-29/h16-18,21-22,30H,6-15,19-20,23-28H2,1-5H3. The molecule has 40 heavy (non-hydrogen) atoms. The van der Waals surface area contributed by atoms with E-state index in [9.17, 15) is 9.59 Å². The molecule has 0 unspecified atom stereocenters. The number of benzene rings is 1. The maximum absolute atomic E-state index is 12.6. The maximum atomic E-state index is 12.6. The third kappa shape index (κ3) is 13.6. The van der Waals surface area contributed by atoms with Gasteiger partial charge in [-0.3, -0.25) is 14.4 Å². The Morgan fingerprint density at radius 2 is 1.27 bits per heavy atom. The highest BCUT2D eigenvalue weighted by Gasteiger charge is 2.47. The van der Waals surface area contributed by atoms with Crippen molar-refractivity contribution in [2.75, 3.05) is 6.61 Å². The predicted molar refractivity (Wildman–Crippen MR) is 162 cm³/mol. The molecule has 228 valence electrons. The zero-order valence-electron chi connectivity index (χ0n) is 26.2. The Morgan fingerprint density at radius 3 is 1.85 bits per heavy atom. The van der Waals surface area contributed by atoms with Crippen molar-refractivity contribution in [2.24, 2.45) is 0 Å². The van der Waals surface area contributed by atoms with E-state index in [2.05, 4.69) is 51.8 Å². The molecule has 0 saturated carbocycles. The monoisotopic (exact) mass is 559 g/mol. The Labute approximate surface area is 244 Å². The second kappa shape index (κ2) is 18.5. The summed E-state index contributed by atoms with van der Waals surface area (Å²) in [5.74, 6) is -0.459. The van der Waals surface area contributed by atoms with E-state index < -0.39 is 0 Å². The van der Waals surface area contributed by atoms with Crippen molar-refractivity contribution in [3.63, 3.8) is 0 Å². The molecular formula is C34H57NO5. The van der Waals surface area contributed by atoms with Gasteiger partial charge < -0.3 is 9.47 Å². The van der Waals surface area contributed by atoms with Gasteiger partial charge in [-0.1, -0.05) is 101 Å². The Bertz CT molecular complexity index is 820. The van der Waals surface area contributed by atoms with E-state index in [1.807, 2.05) is 18.2 Å². The van der Waals surface area contributed by atoms with Gasteiger partial charge in [-0.05, 0) is 46.1 Å². The number of hydrogen-bond acceptors (Lipinski definition) is 6. The minimum atomic E-state index is -0.292. The van der Waals surface area contributed by atoms with E-state index in [-0.39, 0.29) is 42.0 Å². The minimum Gasteiger partial charge on any atom is -0.466 e. The van der Waals surface area contributed by atoms with Crippen LogP contribution in [0.5, 0.6) is 0 Å². The third-order valence-electron chi connectivity index (χ3n) is 7.83. The Hall–Kier alpha value is -1.92. The summed E-state index contributed by atoms with van der Waals surface area (Å²) in [4.78, 5) is 30.9. The normalized spacial score (nSPS) is 17.0. The number of esters is 2. The summed E-state index contributed by atoms with van der Waals surface area (Å²) in [5, 5.41) is 2.07. The van der Waals surface area contributed by atoms with Crippen LogP contribution in [0, 0.1) is 0 Å². The predicted octanol–water partition coefficient (Wildman–Crippen LogP) is 8.71. The van der Waals surface area contributed by atoms with Crippen LogP contribution in [0.25, 0.3) is 0 Å². The average molecular weight is 560 g/mol. The fourth-order valence-corrected chi connectivity index (χ4v) is 5.96. The Balaban J connectivity index is 1.55. The summed E-state index contributed by atoms with van der Waals surface area (Å²) in [7, 11) is 0. The summed E-state index contributed by atoms with van der Waals surface area (Å²) in [6.45, 7) is 11.8. The number of carbonyl (C=O) groups excluding carboxylic acids is 2. The van der Waals surface area contributed by atoms with Crippen molar-refractivity contribution in [1.82, 2.24) is 5.06 Å². The number of nitrogens with zero attached hydrogens (tertiary/aromatic N) is 1. The lowest BCUT2D eigenvalue weighted by atomic mass is 9.80. The molecule has 1 aliphatic heterocycles. The topological polar surface area (TPSA) is 65.1 Å². The molecule has 0 atom stereocenters. The second-order valence-electron chi connectivity index (χ2n) is 12.8. The van der Waals surface area contributed by atoms with Gasteiger partial charge in [0.15, 0.2) is 0 Å². The van der Waals surface area contributed by atoms with Crippen molar-refractivity contribution >= 4 is 11.9 Å². The molecular weight excluding hydrogens is 502 g/mol. The number of ether oxygens (including phenoxy) is 2. The van der Waals surface area contributed by atoms with Crippen LogP contribution < -0.4 is 0 Å². The van der Waals surface area contributed by atoms with Gasteiger partial charge in [-0.25, -0.2) is 0 Å². The first-order valence-electron chi connectivity index (χ1n) is 16.0. The van der Waals surface area contributed by atoms with Crippen LogP contribution in [0.2, 0.25) is 0 Å². The molecule has 1 fully saturated rings. The first kappa shape index (κ1) is 34.3. The lowest BCUT2D eigenvalue weighted by molar-refractivity contribution is -0.299. The molecule has 1 aromatic carbocycles. The molecule has 6 heteroatoms. The van der Waals surface area contributed by atoms with Crippen molar-refractivity contribution in [2.45, 2.75) is 161 Å². The summed E-state index contributed by atoms with van der Waals surface area (Å²) in [6, 6.07) is 10.1. The zero-order chi connectivity index (χ0) is 29.3. The minimum absolute atomic E-state index is 0.179. The van der Waals surface area contributed by atoms with Gasteiger partial charge in [0.25, 0.3) is 0 Å². The molecule has 0 amide bonds. The van der Waals surface area contributed by atoms with E-state index in [1.54, 1.807) is 0 Å². The highest BCUT2D eigenvalue weighted by atomic mass is 16.7. The van der Waals surface area contributed by atoms with Crippen LogP contribution in [0.1, 0.15) is 143 Å². The SMILES string of the molecule is CCCCCCCCCCCCCOC(=O)CCCC(=O)OC1CC(C)(C)N(OCc2ccccc2)C(C)(C)C1. The highest BCUT2D eigenvalue weighted by molar-refractivity contribution is 5.72. The number of carbonyl (C=O) groups is 2. The van der Waals surface area contributed by atoms with E-state index in [4.69, 9.17) is 14.3 Å². The largest absolute Gasteiger partial charge is 0.466 e. The molecule has 0 N–H and O–H groups in total. The van der Waals surface area contributed by atoms with Crippen LogP contribution >= 0.6 is 0 Å². The van der Waals surface area contributed by atoms with Gasteiger partial charge >= 0.3 is 11.9 Å². The molecule has 6 nitrogen and oxygen atoms in total. The van der Waals surface area contributed by atoms with Gasteiger partial charge in [-0.2, -0.15) is 5.06 Å². The third-order valence-corrected chi connectivity index (χ3v) is 7.83. The molecule has 0 aliphatic carbocycles. The molecule has 1 heterocycles.